The average Bonchev–Trinajstić information content (AvgIpc) is 2.94. The fourth-order valence-corrected chi connectivity index (χ4v) is 2.50. The predicted octanol–water partition coefficient (Wildman–Crippen LogP) is 2.53. The number of hydrogen-bond acceptors (Lipinski definition) is 6. The smallest absolute Gasteiger partial charge is 0.337 e. The summed E-state index contributed by atoms with van der Waals surface area (Å²) in [5.74, 6) is -0.721. The van der Waals surface area contributed by atoms with Crippen LogP contribution >= 0.6 is 11.3 Å². The number of ether oxygens (including phenoxy) is 1. The first-order valence-corrected chi connectivity index (χ1v) is 7.27. The van der Waals surface area contributed by atoms with Crippen molar-refractivity contribution in [1.82, 2.24) is 10.2 Å². The first kappa shape index (κ1) is 15.1. The summed E-state index contributed by atoms with van der Waals surface area (Å²) < 4.78 is 4.60. The van der Waals surface area contributed by atoms with Gasteiger partial charge in [0.15, 0.2) is 0 Å². The summed E-state index contributed by atoms with van der Waals surface area (Å²) in [6.45, 7) is 2.06. The molecule has 0 spiro atoms. The zero-order valence-electron chi connectivity index (χ0n) is 11.8. The van der Waals surface area contributed by atoms with Gasteiger partial charge in [0, 0.05) is 12.0 Å². The second-order valence-electron chi connectivity index (χ2n) is 4.27. The molecule has 1 amide bonds. The molecule has 7 heteroatoms. The largest absolute Gasteiger partial charge is 0.465 e. The standard InChI is InChI=1S/C14H15N3O3S/c1-3-4-11-16-17-14(21-11)15-12(18)9-5-7-10(8-6-9)13(19)20-2/h5-8H,3-4H2,1-2H3,(H,15,17,18). The Balaban J connectivity index is 2.04. The van der Waals surface area contributed by atoms with Gasteiger partial charge in [0.2, 0.25) is 5.13 Å². The molecule has 0 bridgehead atoms. The van der Waals surface area contributed by atoms with Crippen LogP contribution in [0.3, 0.4) is 0 Å². The van der Waals surface area contributed by atoms with Gasteiger partial charge in [0.05, 0.1) is 12.7 Å². The van der Waals surface area contributed by atoms with Gasteiger partial charge in [-0.3, -0.25) is 10.1 Å². The van der Waals surface area contributed by atoms with Gasteiger partial charge in [-0.25, -0.2) is 4.79 Å². The second kappa shape index (κ2) is 6.94. The molecule has 110 valence electrons. The molecule has 0 saturated carbocycles. The maximum atomic E-state index is 12.0. The summed E-state index contributed by atoms with van der Waals surface area (Å²) in [6.07, 6.45) is 1.83. The zero-order chi connectivity index (χ0) is 15.2. The Bertz CT molecular complexity index is 637. The number of anilines is 1. The van der Waals surface area contributed by atoms with Crippen LogP contribution in [-0.4, -0.2) is 29.2 Å². The van der Waals surface area contributed by atoms with E-state index in [1.165, 1.54) is 18.4 Å². The van der Waals surface area contributed by atoms with Gasteiger partial charge >= 0.3 is 5.97 Å². The predicted molar refractivity (Wildman–Crippen MR) is 79.6 cm³/mol. The van der Waals surface area contributed by atoms with Crippen LogP contribution < -0.4 is 5.32 Å². The lowest BCUT2D eigenvalue weighted by atomic mass is 10.1. The monoisotopic (exact) mass is 305 g/mol. The van der Waals surface area contributed by atoms with E-state index in [4.69, 9.17) is 0 Å². The van der Waals surface area contributed by atoms with E-state index in [1.807, 2.05) is 0 Å². The number of benzene rings is 1. The van der Waals surface area contributed by atoms with Crippen molar-refractivity contribution in [2.45, 2.75) is 19.8 Å². The highest BCUT2D eigenvalue weighted by molar-refractivity contribution is 7.15. The number of aryl methyl sites for hydroxylation is 1. The molecular formula is C14H15N3O3S. The van der Waals surface area contributed by atoms with Crippen molar-refractivity contribution in [3.8, 4) is 0 Å². The van der Waals surface area contributed by atoms with Gasteiger partial charge < -0.3 is 4.74 Å². The van der Waals surface area contributed by atoms with Crippen LogP contribution in [0.4, 0.5) is 5.13 Å². The van der Waals surface area contributed by atoms with E-state index in [2.05, 4.69) is 27.2 Å². The number of nitrogens with zero attached hydrogens (tertiary/aromatic N) is 2. The molecular weight excluding hydrogens is 290 g/mol. The Kier molecular flexibility index (Phi) is 4.99. The molecule has 0 radical (unpaired) electrons. The highest BCUT2D eigenvalue weighted by Crippen LogP contribution is 2.17. The van der Waals surface area contributed by atoms with Crippen LogP contribution in [0.1, 0.15) is 39.1 Å². The minimum absolute atomic E-state index is 0.286. The van der Waals surface area contributed by atoms with Crippen LogP contribution in [0.2, 0.25) is 0 Å². The van der Waals surface area contributed by atoms with E-state index in [9.17, 15) is 9.59 Å². The van der Waals surface area contributed by atoms with Crippen molar-refractivity contribution in [3.05, 3.63) is 40.4 Å². The minimum atomic E-state index is -0.435. The fourth-order valence-electron chi connectivity index (χ4n) is 1.66. The van der Waals surface area contributed by atoms with E-state index in [1.54, 1.807) is 24.3 Å². The molecule has 6 nitrogen and oxygen atoms in total. The topological polar surface area (TPSA) is 81.2 Å². The van der Waals surface area contributed by atoms with Crippen LogP contribution in [0, 0.1) is 0 Å². The molecule has 0 saturated heterocycles. The highest BCUT2D eigenvalue weighted by Gasteiger charge is 2.11. The third kappa shape index (κ3) is 3.85. The van der Waals surface area contributed by atoms with Crippen molar-refractivity contribution in [1.29, 1.82) is 0 Å². The quantitative estimate of drug-likeness (QED) is 0.858. The molecule has 0 aliphatic heterocycles. The highest BCUT2D eigenvalue weighted by atomic mass is 32.1. The molecule has 2 aromatic rings. The number of rotatable bonds is 5. The molecule has 0 aliphatic carbocycles. The Morgan fingerprint density at radius 3 is 2.48 bits per heavy atom. The second-order valence-corrected chi connectivity index (χ2v) is 5.34. The summed E-state index contributed by atoms with van der Waals surface area (Å²) in [4.78, 5) is 23.4. The van der Waals surface area contributed by atoms with Gasteiger partial charge in [-0.05, 0) is 30.7 Å². The third-order valence-electron chi connectivity index (χ3n) is 2.72. The summed E-state index contributed by atoms with van der Waals surface area (Å²) in [7, 11) is 1.31. The van der Waals surface area contributed by atoms with Gasteiger partial charge in [-0.2, -0.15) is 0 Å². The van der Waals surface area contributed by atoms with Gasteiger partial charge in [-0.15, -0.1) is 10.2 Å². The average molecular weight is 305 g/mol. The minimum Gasteiger partial charge on any atom is -0.465 e. The van der Waals surface area contributed by atoms with Crippen molar-refractivity contribution in [3.63, 3.8) is 0 Å². The molecule has 0 aliphatic rings. The van der Waals surface area contributed by atoms with Crippen LogP contribution in [0.5, 0.6) is 0 Å². The fraction of sp³-hybridized carbons (Fsp3) is 0.286. The number of amides is 1. The summed E-state index contributed by atoms with van der Waals surface area (Å²) >= 11 is 1.36. The first-order valence-electron chi connectivity index (χ1n) is 6.46. The van der Waals surface area contributed by atoms with Gasteiger partial charge in [-0.1, -0.05) is 18.3 Å². The number of carbonyl (C=O) groups is 2. The van der Waals surface area contributed by atoms with Crippen LogP contribution in [0.15, 0.2) is 24.3 Å². The molecule has 21 heavy (non-hydrogen) atoms. The lowest BCUT2D eigenvalue weighted by Gasteiger charge is -2.02. The zero-order valence-corrected chi connectivity index (χ0v) is 12.6. The number of aromatic nitrogens is 2. The molecule has 0 atom stereocenters. The van der Waals surface area contributed by atoms with Gasteiger partial charge in [0.25, 0.3) is 5.91 Å². The van der Waals surface area contributed by atoms with E-state index in [-0.39, 0.29) is 5.91 Å². The Labute approximate surface area is 126 Å². The van der Waals surface area contributed by atoms with Crippen LogP contribution in [-0.2, 0) is 11.2 Å². The normalized spacial score (nSPS) is 10.2. The van der Waals surface area contributed by atoms with Crippen molar-refractivity contribution >= 4 is 28.3 Å². The lowest BCUT2D eigenvalue weighted by Crippen LogP contribution is -2.12. The maximum absolute atomic E-state index is 12.0. The summed E-state index contributed by atoms with van der Waals surface area (Å²) in [5.41, 5.74) is 0.838. The molecule has 0 fully saturated rings. The molecule has 1 aromatic heterocycles. The Morgan fingerprint density at radius 2 is 1.86 bits per heavy atom. The molecule has 2 rings (SSSR count). The number of methoxy groups -OCH3 is 1. The number of nitrogens with one attached hydrogen (secondary N) is 1. The maximum Gasteiger partial charge on any atom is 0.337 e. The Hall–Kier alpha value is -2.28. The van der Waals surface area contributed by atoms with E-state index >= 15 is 0 Å². The van der Waals surface area contributed by atoms with Crippen molar-refractivity contribution < 1.29 is 14.3 Å². The SMILES string of the molecule is CCCc1nnc(NC(=O)c2ccc(C(=O)OC)cc2)s1. The number of esters is 1. The molecule has 0 unspecified atom stereocenters. The van der Waals surface area contributed by atoms with E-state index in [0.717, 1.165) is 17.8 Å². The molecule has 1 aromatic carbocycles. The molecule has 1 heterocycles. The number of hydrogen-bond donors (Lipinski definition) is 1. The summed E-state index contributed by atoms with van der Waals surface area (Å²) in [6, 6.07) is 6.22. The Morgan fingerprint density at radius 1 is 1.19 bits per heavy atom. The molecule has 1 N–H and O–H groups in total. The van der Waals surface area contributed by atoms with Crippen molar-refractivity contribution in [2.24, 2.45) is 0 Å². The summed E-state index contributed by atoms with van der Waals surface area (Å²) in [5, 5.41) is 12.0. The van der Waals surface area contributed by atoms with Gasteiger partial charge in [0.1, 0.15) is 5.01 Å². The lowest BCUT2D eigenvalue weighted by molar-refractivity contribution is 0.0600. The van der Waals surface area contributed by atoms with Crippen LogP contribution in [0.25, 0.3) is 0 Å². The van der Waals surface area contributed by atoms with E-state index < -0.39 is 5.97 Å². The number of carbonyl (C=O) groups excluding carboxylic acids is 2. The van der Waals surface area contributed by atoms with E-state index in [0.29, 0.717) is 16.3 Å². The first-order chi connectivity index (χ1) is 10.1. The third-order valence-corrected chi connectivity index (χ3v) is 3.62. The van der Waals surface area contributed by atoms with Crippen molar-refractivity contribution in [2.75, 3.05) is 12.4 Å².